The molecule has 1 aromatic heterocycles. The lowest BCUT2D eigenvalue weighted by Crippen LogP contribution is -1.98. The summed E-state index contributed by atoms with van der Waals surface area (Å²) in [5.74, 6) is 0. The molecule has 0 aliphatic rings. The minimum atomic E-state index is 1.12. The van der Waals surface area contributed by atoms with Crippen LogP contribution in [0, 0.1) is 0 Å². The maximum absolute atomic E-state index is 3.38. The van der Waals surface area contributed by atoms with Crippen molar-refractivity contribution in [3.8, 4) is 0 Å². The van der Waals surface area contributed by atoms with Crippen molar-refractivity contribution < 1.29 is 0 Å². The molecule has 0 saturated heterocycles. The number of nitrogens with one attached hydrogen (secondary N) is 1. The van der Waals surface area contributed by atoms with Crippen LogP contribution in [0.15, 0.2) is 17.5 Å². The van der Waals surface area contributed by atoms with Gasteiger partial charge in [0.2, 0.25) is 0 Å². The Kier molecular flexibility index (Phi) is 4.06. The maximum Gasteiger partial charge on any atom is 0.0882 e. The molecule has 1 N–H and O–H groups in total. The SMILES string of the molecule is CCCCCNc1cccs1. The summed E-state index contributed by atoms with van der Waals surface area (Å²) in [7, 11) is 0. The van der Waals surface area contributed by atoms with E-state index in [0.29, 0.717) is 0 Å². The third-order valence-corrected chi connectivity index (χ3v) is 2.43. The molecule has 1 heterocycles. The Hall–Kier alpha value is -0.500. The molecule has 0 aliphatic heterocycles. The van der Waals surface area contributed by atoms with Crippen molar-refractivity contribution in [3.63, 3.8) is 0 Å². The number of unbranched alkanes of at least 4 members (excludes halogenated alkanes) is 2. The van der Waals surface area contributed by atoms with Crippen molar-refractivity contribution >= 4 is 16.3 Å². The van der Waals surface area contributed by atoms with Gasteiger partial charge in [0.25, 0.3) is 0 Å². The van der Waals surface area contributed by atoms with E-state index >= 15 is 0 Å². The molecule has 0 aromatic carbocycles. The van der Waals surface area contributed by atoms with Gasteiger partial charge in [-0.05, 0) is 23.9 Å². The zero-order valence-electron chi connectivity index (χ0n) is 6.97. The van der Waals surface area contributed by atoms with E-state index in [9.17, 15) is 0 Å². The van der Waals surface area contributed by atoms with E-state index in [1.54, 1.807) is 11.3 Å². The fourth-order valence-electron chi connectivity index (χ4n) is 0.966. The van der Waals surface area contributed by atoms with Gasteiger partial charge in [-0.15, -0.1) is 11.3 Å². The number of thiophene rings is 1. The normalized spacial score (nSPS) is 9.91. The highest BCUT2D eigenvalue weighted by molar-refractivity contribution is 7.14. The van der Waals surface area contributed by atoms with Gasteiger partial charge < -0.3 is 5.32 Å². The highest BCUT2D eigenvalue weighted by atomic mass is 32.1. The predicted octanol–water partition coefficient (Wildman–Crippen LogP) is 3.35. The summed E-state index contributed by atoms with van der Waals surface area (Å²) in [5.41, 5.74) is 0. The molecule has 0 aliphatic carbocycles. The summed E-state index contributed by atoms with van der Waals surface area (Å²) >= 11 is 1.77. The van der Waals surface area contributed by atoms with Gasteiger partial charge in [0, 0.05) is 6.54 Å². The van der Waals surface area contributed by atoms with Crippen LogP contribution < -0.4 is 5.32 Å². The first-order valence-electron chi connectivity index (χ1n) is 4.21. The second kappa shape index (κ2) is 5.19. The van der Waals surface area contributed by atoms with E-state index in [0.717, 1.165) is 6.54 Å². The van der Waals surface area contributed by atoms with Crippen molar-refractivity contribution in [1.29, 1.82) is 0 Å². The number of hydrogen-bond donors (Lipinski definition) is 1. The molecule has 0 fully saturated rings. The fourth-order valence-corrected chi connectivity index (χ4v) is 1.61. The van der Waals surface area contributed by atoms with E-state index in [4.69, 9.17) is 0 Å². The molecular weight excluding hydrogens is 154 g/mol. The zero-order valence-corrected chi connectivity index (χ0v) is 7.79. The summed E-state index contributed by atoms with van der Waals surface area (Å²) in [4.78, 5) is 0. The molecule has 0 bridgehead atoms. The van der Waals surface area contributed by atoms with Crippen molar-refractivity contribution in [2.45, 2.75) is 26.2 Å². The van der Waals surface area contributed by atoms with Crippen LogP contribution in [0.25, 0.3) is 0 Å². The molecule has 1 nitrogen and oxygen atoms in total. The van der Waals surface area contributed by atoms with Crippen LogP contribution in [0.1, 0.15) is 26.2 Å². The highest BCUT2D eigenvalue weighted by Crippen LogP contribution is 2.14. The topological polar surface area (TPSA) is 12.0 Å². The Morgan fingerprint density at radius 2 is 2.36 bits per heavy atom. The van der Waals surface area contributed by atoms with Crippen LogP contribution in [0.5, 0.6) is 0 Å². The molecule has 11 heavy (non-hydrogen) atoms. The first-order valence-corrected chi connectivity index (χ1v) is 5.09. The van der Waals surface area contributed by atoms with Gasteiger partial charge in [0.1, 0.15) is 0 Å². The smallest absolute Gasteiger partial charge is 0.0882 e. The molecule has 2 heteroatoms. The first-order chi connectivity index (χ1) is 5.43. The predicted molar refractivity (Wildman–Crippen MR) is 52.3 cm³/mol. The van der Waals surface area contributed by atoms with Gasteiger partial charge in [-0.1, -0.05) is 19.8 Å². The van der Waals surface area contributed by atoms with E-state index < -0.39 is 0 Å². The van der Waals surface area contributed by atoms with E-state index in [2.05, 4.69) is 29.8 Å². The van der Waals surface area contributed by atoms with Crippen molar-refractivity contribution in [1.82, 2.24) is 0 Å². The summed E-state index contributed by atoms with van der Waals surface area (Å²) < 4.78 is 0. The van der Waals surface area contributed by atoms with Crippen LogP contribution in [0.2, 0.25) is 0 Å². The first kappa shape index (κ1) is 8.60. The maximum atomic E-state index is 3.38. The average Bonchev–Trinajstić information content (AvgIpc) is 2.50. The molecule has 0 unspecified atom stereocenters. The summed E-state index contributed by atoms with van der Waals surface area (Å²) in [6.45, 7) is 3.35. The Morgan fingerprint density at radius 1 is 1.45 bits per heavy atom. The largest absolute Gasteiger partial charge is 0.377 e. The second-order valence-electron chi connectivity index (χ2n) is 2.61. The van der Waals surface area contributed by atoms with Crippen LogP contribution in [0.3, 0.4) is 0 Å². The third-order valence-electron chi connectivity index (χ3n) is 1.60. The lowest BCUT2D eigenvalue weighted by Gasteiger charge is -2.00. The molecular formula is C9H15NS. The lowest BCUT2D eigenvalue weighted by atomic mass is 10.2. The molecule has 0 saturated carbocycles. The Labute approximate surface area is 72.4 Å². The third kappa shape index (κ3) is 3.42. The van der Waals surface area contributed by atoms with Gasteiger partial charge >= 0.3 is 0 Å². The monoisotopic (exact) mass is 169 g/mol. The van der Waals surface area contributed by atoms with Gasteiger partial charge in [0.05, 0.1) is 5.00 Å². The van der Waals surface area contributed by atoms with Crippen LogP contribution in [-0.4, -0.2) is 6.54 Å². The summed E-state index contributed by atoms with van der Waals surface area (Å²) in [6.07, 6.45) is 3.92. The second-order valence-corrected chi connectivity index (χ2v) is 3.56. The highest BCUT2D eigenvalue weighted by Gasteiger charge is 1.89. The molecule has 0 radical (unpaired) electrons. The Morgan fingerprint density at radius 3 is 3.00 bits per heavy atom. The zero-order chi connectivity index (χ0) is 7.94. The van der Waals surface area contributed by atoms with Gasteiger partial charge in [-0.2, -0.15) is 0 Å². The average molecular weight is 169 g/mol. The molecule has 0 spiro atoms. The summed E-state index contributed by atoms with van der Waals surface area (Å²) in [5, 5.41) is 6.77. The van der Waals surface area contributed by atoms with Crippen molar-refractivity contribution in [2.75, 3.05) is 11.9 Å². The number of anilines is 1. The Bertz CT molecular complexity index is 170. The van der Waals surface area contributed by atoms with Gasteiger partial charge in [0.15, 0.2) is 0 Å². The molecule has 0 atom stereocenters. The van der Waals surface area contributed by atoms with E-state index in [-0.39, 0.29) is 0 Å². The van der Waals surface area contributed by atoms with E-state index in [1.807, 2.05) is 0 Å². The molecule has 0 amide bonds. The molecule has 1 rings (SSSR count). The number of rotatable bonds is 5. The van der Waals surface area contributed by atoms with Gasteiger partial charge in [-0.3, -0.25) is 0 Å². The van der Waals surface area contributed by atoms with Crippen LogP contribution >= 0.6 is 11.3 Å². The minimum Gasteiger partial charge on any atom is -0.377 e. The van der Waals surface area contributed by atoms with E-state index in [1.165, 1.54) is 24.3 Å². The van der Waals surface area contributed by atoms with Gasteiger partial charge in [-0.25, -0.2) is 0 Å². The minimum absolute atomic E-state index is 1.12. The van der Waals surface area contributed by atoms with Crippen molar-refractivity contribution in [2.24, 2.45) is 0 Å². The van der Waals surface area contributed by atoms with Crippen LogP contribution in [0.4, 0.5) is 5.00 Å². The van der Waals surface area contributed by atoms with Crippen molar-refractivity contribution in [3.05, 3.63) is 17.5 Å². The lowest BCUT2D eigenvalue weighted by molar-refractivity contribution is 0.744. The molecule has 62 valence electrons. The number of hydrogen-bond acceptors (Lipinski definition) is 2. The quantitative estimate of drug-likeness (QED) is 0.666. The molecule has 1 aromatic rings. The summed E-state index contributed by atoms with van der Waals surface area (Å²) in [6, 6.07) is 4.20. The standard InChI is InChI=1S/C9H15NS/c1-2-3-4-7-10-9-6-5-8-11-9/h5-6,8,10H,2-4,7H2,1H3. The Balaban J connectivity index is 2.04. The van der Waals surface area contributed by atoms with Crippen LogP contribution in [-0.2, 0) is 0 Å². The fraction of sp³-hybridized carbons (Fsp3) is 0.556.